The lowest BCUT2D eigenvalue weighted by molar-refractivity contribution is -0.147. The summed E-state index contributed by atoms with van der Waals surface area (Å²) < 4.78 is 0. The van der Waals surface area contributed by atoms with Crippen LogP contribution >= 0.6 is 12.4 Å². The molecule has 7 heavy (non-hydrogen) atoms. The highest BCUT2D eigenvalue weighted by Crippen LogP contribution is 1.60. The number of hydrogen-bond acceptors (Lipinski definition) is 3. The van der Waals surface area contributed by atoms with Gasteiger partial charge in [0.1, 0.15) is 0 Å². The highest BCUT2D eigenvalue weighted by atomic mass is 35.5. The maximum absolute atomic E-state index is 9.76. The van der Waals surface area contributed by atoms with Crippen molar-refractivity contribution in [1.29, 1.82) is 0 Å². The second-order valence-electron chi connectivity index (χ2n) is 0.798. The SMILES string of the molecule is CNOC(C)=O.Cl. The standard InChI is InChI=1S/C3H7NO2.ClH/c1-3(5)6-4-2;/h4H,1-2H3;1H. The highest BCUT2D eigenvalue weighted by molar-refractivity contribution is 5.85. The molecule has 0 aliphatic heterocycles. The Labute approximate surface area is 48.4 Å². The molecule has 3 nitrogen and oxygen atoms in total. The second kappa shape index (κ2) is 5.72. The second-order valence-corrected chi connectivity index (χ2v) is 0.798. The summed E-state index contributed by atoms with van der Waals surface area (Å²) in [6, 6.07) is 0. The smallest absolute Gasteiger partial charge is 0.321 e. The van der Waals surface area contributed by atoms with Crippen LogP contribution in [0.25, 0.3) is 0 Å². The van der Waals surface area contributed by atoms with Crippen molar-refractivity contribution in [2.24, 2.45) is 0 Å². The fourth-order valence-corrected chi connectivity index (χ4v) is 0.144. The summed E-state index contributed by atoms with van der Waals surface area (Å²) in [7, 11) is 1.53. The molecule has 0 bridgehead atoms. The molecule has 0 unspecified atom stereocenters. The van der Waals surface area contributed by atoms with Crippen LogP contribution < -0.4 is 5.48 Å². The third kappa shape index (κ3) is 10.7. The third-order valence-electron chi connectivity index (χ3n) is 0.246. The topological polar surface area (TPSA) is 38.3 Å². The number of hydroxylamine groups is 1. The zero-order valence-electron chi connectivity index (χ0n) is 4.22. The average molecular weight is 126 g/mol. The van der Waals surface area contributed by atoms with Crippen LogP contribution in [-0.4, -0.2) is 13.0 Å². The van der Waals surface area contributed by atoms with Gasteiger partial charge in [-0.3, -0.25) is 4.79 Å². The maximum Gasteiger partial charge on any atom is 0.321 e. The van der Waals surface area contributed by atoms with E-state index < -0.39 is 0 Å². The van der Waals surface area contributed by atoms with Crippen LogP contribution in [0.15, 0.2) is 0 Å². The molecule has 0 amide bonds. The first kappa shape index (κ1) is 9.87. The monoisotopic (exact) mass is 125 g/mol. The van der Waals surface area contributed by atoms with E-state index >= 15 is 0 Å². The quantitative estimate of drug-likeness (QED) is 0.506. The van der Waals surface area contributed by atoms with Gasteiger partial charge >= 0.3 is 5.97 Å². The Bertz CT molecular complexity index is 56.9. The molecule has 0 saturated carbocycles. The molecule has 0 fully saturated rings. The Kier molecular flexibility index (Phi) is 8.06. The lowest BCUT2D eigenvalue weighted by atomic mass is 10.8. The lowest BCUT2D eigenvalue weighted by Gasteiger charge is -1.90. The van der Waals surface area contributed by atoms with Gasteiger partial charge in [-0.2, -0.15) is 5.48 Å². The van der Waals surface area contributed by atoms with Crippen LogP contribution in [0.4, 0.5) is 0 Å². The fourth-order valence-electron chi connectivity index (χ4n) is 0.144. The number of carbonyl (C=O) groups excluding carboxylic acids is 1. The molecular weight excluding hydrogens is 117 g/mol. The van der Waals surface area contributed by atoms with Crippen molar-refractivity contribution in [3.63, 3.8) is 0 Å². The van der Waals surface area contributed by atoms with E-state index in [-0.39, 0.29) is 18.4 Å². The first-order valence-corrected chi connectivity index (χ1v) is 1.61. The molecule has 0 saturated heterocycles. The minimum Gasteiger partial charge on any atom is -0.371 e. The molecule has 0 spiro atoms. The van der Waals surface area contributed by atoms with Crippen molar-refractivity contribution in [3.05, 3.63) is 0 Å². The van der Waals surface area contributed by atoms with Crippen LogP contribution in [0.3, 0.4) is 0 Å². The van der Waals surface area contributed by atoms with Crippen molar-refractivity contribution in [3.8, 4) is 0 Å². The van der Waals surface area contributed by atoms with E-state index in [2.05, 4.69) is 10.3 Å². The molecule has 0 aliphatic carbocycles. The summed E-state index contributed by atoms with van der Waals surface area (Å²) in [5.74, 6) is -0.322. The number of nitrogens with one attached hydrogen (secondary N) is 1. The maximum atomic E-state index is 9.76. The summed E-state index contributed by atoms with van der Waals surface area (Å²) >= 11 is 0. The number of halogens is 1. The van der Waals surface area contributed by atoms with Crippen molar-refractivity contribution in [1.82, 2.24) is 5.48 Å². The van der Waals surface area contributed by atoms with Crippen LogP contribution in [0.2, 0.25) is 0 Å². The summed E-state index contributed by atoms with van der Waals surface area (Å²) in [4.78, 5) is 13.9. The number of rotatable bonds is 1. The van der Waals surface area contributed by atoms with Crippen LogP contribution in [0, 0.1) is 0 Å². The normalized spacial score (nSPS) is 6.57. The van der Waals surface area contributed by atoms with Gasteiger partial charge < -0.3 is 4.84 Å². The molecule has 0 radical (unpaired) electrons. The molecule has 0 heterocycles. The van der Waals surface area contributed by atoms with Crippen LogP contribution in [-0.2, 0) is 9.63 Å². The molecule has 0 aromatic rings. The van der Waals surface area contributed by atoms with Gasteiger partial charge in [0.15, 0.2) is 0 Å². The molecule has 0 aromatic heterocycles. The Hall–Kier alpha value is -0.280. The largest absolute Gasteiger partial charge is 0.371 e. The van der Waals surface area contributed by atoms with E-state index in [1.54, 1.807) is 0 Å². The van der Waals surface area contributed by atoms with Gasteiger partial charge in [0.2, 0.25) is 0 Å². The van der Waals surface area contributed by atoms with E-state index in [1.807, 2.05) is 0 Å². The first-order valence-electron chi connectivity index (χ1n) is 1.61. The Balaban J connectivity index is 0. The van der Waals surface area contributed by atoms with Gasteiger partial charge in [0, 0.05) is 14.0 Å². The van der Waals surface area contributed by atoms with Gasteiger partial charge in [-0.05, 0) is 0 Å². The van der Waals surface area contributed by atoms with E-state index in [9.17, 15) is 4.79 Å². The van der Waals surface area contributed by atoms with Gasteiger partial charge in [-0.15, -0.1) is 12.4 Å². The molecule has 0 rings (SSSR count). The van der Waals surface area contributed by atoms with Crippen LogP contribution in [0.1, 0.15) is 6.92 Å². The van der Waals surface area contributed by atoms with Crippen molar-refractivity contribution >= 4 is 18.4 Å². The van der Waals surface area contributed by atoms with E-state index in [0.29, 0.717) is 0 Å². The van der Waals surface area contributed by atoms with Gasteiger partial charge in [0.25, 0.3) is 0 Å². The zero-order chi connectivity index (χ0) is 4.99. The van der Waals surface area contributed by atoms with Crippen LogP contribution in [0.5, 0.6) is 0 Å². The average Bonchev–Trinajstić information content (AvgIpc) is 1.35. The predicted molar refractivity (Wildman–Crippen MR) is 28.1 cm³/mol. The molecule has 0 aromatic carbocycles. The first-order chi connectivity index (χ1) is 2.77. The van der Waals surface area contributed by atoms with E-state index in [4.69, 9.17) is 0 Å². The van der Waals surface area contributed by atoms with Crippen molar-refractivity contribution in [2.75, 3.05) is 7.05 Å². The lowest BCUT2D eigenvalue weighted by Crippen LogP contribution is -2.10. The van der Waals surface area contributed by atoms with Gasteiger partial charge in [-0.1, -0.05) is 0 Å². The minimum atomic E-state index is -0.322. The molecule has 4 heteroatoms. The summed E-state index contributed by atoms with van der Waals surface area (Å²) in [5, 5.41) is 0. The fraction of sp³-hybridized carbons (Fsp3) is 0.667. The molecular formula is C3H8ClNO2. The molecule has 44 valence electrons. The summed E-state index contributed by atoms with van der Waals surface area (Å²) in [5.41, 5.74) is 2.22. The summed E-state index contributed by atoms with van der Waals surface area (Å²) in [6.45, 7) is 1.33. The Morgan fingerprint density at radius 2 is 2.14 bits per heavy atom. The van der Waals surface area contributed by atoms with Gasteiger partial charge in [-0.25, -0.2) is 0 Å². The summed E-state index contributed by atoms with van der Waals surface area (Å²) in [6.07, 6.45) is 0. The third-order valence-corrected chi connectivity index (χ3v) is 0.246. The highest BCUT2D eigenvalue weighted by Gasteiger charge is 1.81. The van der Waals surface area contributed by atoms with Crippen molar-refractivity contribution in [2.45, 2.75) is 6.92 Å². The Morgan fingerprint density at radius 3 is 2.14 bits per heavy atom. The zero-order valence-corrected chi connectivity index (χ0v) is 5.04. The van der Waals surface area contributed by atoms with Crippen molar-refractivity contribution < 1.29 is 9.63 Å². The van der Waals surface area contributed by atoms with Gasteiger partial charge in [0.05, 0.1) is 0 Å². The molecule has 1 N–H and O–H groups in total. The number of carbonyl (C=O) groups is 1. The van der Waals surface area contributed by atoms with E-state index in [1.165, 1.54) is 14.0 Å². The Morgan fingerprint density at radius 1 is 1.71 bits per heavy atom. The number of hydrogen-bond donors (Lipinski definition) is 1. The molecule has 0 atom stereocenters. The molecule has 0 aliphatic rings. The minimum absolute atomic E-state index is 0. The predicted octanol–water partition coefficient (Wildman–Crippen LogP) is 0.106. The van der Waals surface area contributed by atoms with E-state index in [0.717, 1.165) is 0 Å².